The van der Waals surface area contributed by atoms with Crippen molar-refractivity contribution in [2.24, 2.45) is 17.6 Å². The Balaban J connectivity index is 1.65. The minimum Gasteiger partial charge on any atom is -0.326 e. The summed E-state index contributed by atoms with van der Waals surface area (Å²) in [5, 5.41) is 0. The number of nitrogens with two attached hydrogens (primary N) is 1. The van der Waals surface area contributed by atoms with Crippen molar-refractivity contribution in [3.8, 4) is 0 Å². The molecule has 0 bridgehead atoms. The summed E-state index contributed by atoms with van der Waals surface area (Å²) < 4.78 is 0. The van der Waals surface area contributed by atoms with E-state index in [-0.39, 0.29) is 0 Å². The van der Waals surface area contributed by atoms with E-state index in [1.807, 2.05) is 12.3 Å². The first-order chi connectivity index (χ1) is 8.24. The van der Waals surface area contributed by atoms with Gasteiger partial charge in [-0.2, -0.15) is 0 Å². The third kappa shape index (κ3) is 2.35. The number of hydrogen-bond donors (Lipinski definition) is 1. The van der Waals surface area contributed by atoms with Crippen molar-refractivity contribution >= 4 is 0 Å². The molecule has 1 saturated carbocycles. The molecule has 92 valence electrons. The van der Waals surface area contributed by atoms with Crippen molar-refractivity contribution in [1.82, 2.24) is 9.88 Å². The van der Waals surface area contributed by atoms with Crippen LogP contribution in [0.15, 0.2) is 18.3 Å². The standard InChI is InChI=1S/C14H21N3/c1-10-3-2-6-16-14(10)9-17-7-12(11-4-5-11)13(15)8-17/h2-3,6,11-13H,4-5,7-9,15H2,1H3/t12-,13+/m1/s1. The summed E-state index contributed by atoms with van der Waals surface area (Å²) in [7, 11) is 0. The predicted molar refractivity (Wildman–Crippen MR) is 68.4 cm³/mol. The predicted octanol–water partition coefficient (Wildman–Crippen LogP) is 1.56. The van der Waals surface area contributed by atoms with E-state index in [1.165, 1.54) is 30.6 Å². The van der Waals surface area contributed by atoms with Crippen LogP contribution in [-0.4, -0.2) is 29.0 Å². The average Bonchev–Trinajstić information content (AvgIpc) is 3.07. The van der Waals surface area contributed by atoms with Crippen molar-refractivity contribution in [1.29, 1.82) is 0 Å². The molecule has 1 aromatic rings. The lowest BCUT2D eigenvalue weighted by Crippen LogP contribution is -2.30. The summed E-state index contributed by atoms with van der Waals surface area (Å²) in [6.45, 7) is 5.30. The van der Waals surface area contributed by atoms with Crippen LogP contribution in [-0.2, 0) is 6.54 Å². The van der Waals surface area contributed by atoms with E-state index in [4.69, 9.17) is 5.73 Å². The molecule has 3 nitrogen and oxygen atoms in total. The lowest BCUT2D eigenvalue weighted by molar-refractivity contribution is 0.305. The van der Waals surface area contributed by atoms with Gasteiger partial charge in [0.2, 0.25) is 0 Å². The number of likely N-dealkylation sites (tertiary alicyclic amines) is 1. The summed E-state index contributed by atoms with van der Waals surface area (Å²) in [6, 6.07) is 4.52. The summed E-state index contributed by atoms with van der Waals surface area (Å²) in [4.78, 5) is 6.95. The second-order valence-electron chi connectivity index (χ2n) is 5.63. The monoisotopic (exact) mass is 231 g/mol. The van der Waals surface area contributed by atoms with Crippen LogP contribution in [0.2, 0.25) is 0 Å². The minimum absolute atomic E-state index is 0.381. The van der Waals surface area contributed by atoms with E-state index >= 15 is 0 Å². The van der Waals surface area contributed by atoms with Gasteiger partial charge in [0.15, 0.2) is 0 Å². The van der Waals surface area contributed by atoms with Crippen LogP contribution in [0.5, 0.6) is 0 Å². The number of pyridine rings is 1. The molecule has 2 atom stereocenters. The Morgan fingerprint density at radius 2 is 2.24 bits per heavy atom. The molecule has 1 aliphatic heterocycles. The first kappa shape index (κ1) is 11.2. The molecule has 1 saturated heterocycles. The highest BCUT2D eigenvalue weighted by Crippen LogP contribution is 2.41. The van der Waals surface area contributed by atoms with Crippen LogP contribution >= 0.6 is 0 Å². The minimum atomic E-state index is 0.381. The van der Waals surface area contributed by atoms with E-state index in [0.29, 0.717) is 6.04 Å². The summed E-state index contributed by atoms with van der Waals surface area (Å²) in [6.07, 6.45) is 4.68. The van der Waals surface area contributed by atoms with E-state index in [9.17, 15) is 0 Å². The molecule has 3 heteroatoms. The molecule has 2 fully saturated rings. The molecule has 17 heavy (non-hydrogen) atoms. The van der Waals surface area contributed by atoms with Gasteiger partial charge < -0.3 is 5.73 Å². The van der Waals surface area contributed by atoms with Crippen LogP contribution in [0.4, 0.5) is 0 Å². The van der Waals surface area contributed by atoms with Gasteiger partial charge in [-0.25, -0.2) is 0 Å². The van der Waals surface area contributed by atoms with Crippen LogP contribution in [0.3, 0.4) is 0 Å². The van der Waals surface area contributed by atoms with E-state index in [2.05, 4.69) is 22.9 Å². The van der Waals surface area contributed by atoms with Gasteiger partial charge in [-0.05, 0) is 43.2 Å². The second-order valence-corrected chi connectivity index (χ2v) is 5.63. The zero-order valence-electron chi connectivity index (χ0n) is 10.5. The smallest absolute Gasteiger partial charge is 0.0573 e. The van der Waals surface area contributed by atoms with Gasteiger partial charge in [0.1, 0.15) is 0 Å². The molecule has 1 aromatic heterocycles. The molecule has 0 spiro atoms. The van der Waals surface area contributed by atoms with E-state index < -0.39 is 0 Å². The second kappa shape index (κ2) is 4.39. The quantitative estimate of drug-likeness (QED) is 0.858. The topological polar surface area (TPSA) is 42.2 Å². The van der Waals surface area contributed by atoms with Gasteiger partial charge in [0.05, 0.1) is 5.69 Å². The van der Waals surface area contributed by atoms with Gasteiger partial charge in [0.25, 0.3) is 0 Å². The average molecular weight is 231 g/mol. The summed E-state index contributed by atoms with van der Waals surface area (Å²) in [5.74, 6) is 1.65. The van der Waals surface area contributed by atoms with E-state index in [1.54, 1.807) is 0 Å². The Bertz CT molecular complexity index is 400. The van der Waals surface area contributed by atoms with Crippen molar-refractivity contribution in [2.75, 3.05) is 13.1 Å². The highest BCUT2D eigenvalue weighted by molar-refractivity contribution is 5.17. The first-order valence-electron chi connectivity index (χ1n) is 6.62. The summed E-state index contributed by atoms with van der Waals surface area (Å²) in [5.41, 5.74) is 8.73. The molecule has 0 radical (unpaired) electrons. The van der Waals surface area contributed by atoms with Crippen LogP contribution in [0, 0.1) is 18.8 Å². The Kier molecular flexibility index (Phi) is 2.89. The Morgan fingerprint density at radius 3 is 2.94 bits per heavy atom. The van der Waals surface area contributed by atoms with Gasteiger partial charge in [-0.3, -0.25) is 9.88 Å². The van der Waals surface area contributed by atoms with Gasteiger partial charge >= 0.3 is 0 Å². The normalized spacial score (nSPS) is 29.8. The molecule has 2 N–H and O–H groups in total. The molecule has 2 heterocycles. The molecule has 1 aliphatic carbocycles. The number of aromatic nitrogens is 1. The van der Waals surface area contributed by atoms with Gasteiger partial charge in [0, 0.05) is 31.9 Å². The lowest BCUT2D eigenvalue weighted by Gasteiger charge is -2.16. The molecular formula is C14H21N3. The number of aryl methyl sites for hydroxylation is 1. The van der Waals surface area contributed by atoms with Crippen LogP contribution < -0.4 is 5.73 Å². The molecule has 2 aliphatic rings. The highest BCUT2D eigenvalue weighted by atomic mass is 15.2. The number of rotatable bonds is 3. The fraction of sp³-hybridized carbons (Fsp3) is 0.643. The Hall–Kier alpha value is -0.930. The van der Waals surface area contributed by atoms with Crippen molar-refractivity contribution < 1.29 is 0 Å². The maximum atomic E-state index is 6.24. The molecule has 0 unspecified atom stereocenters. The zero-order valence-corrected chi connectivity index (χ0v) is 10.5. The van der Waals surface area contributed by atoms with Crippen LogP contribution in [0.25, 0.3) is 0 Å². The fourth-order valence-electron chi connectivity index (χ4n) is 2.99. The van der Waals surface area contributed by atoms with Gasteiger partial charge in [-0.1, -0.05) is 6.07 Å². The zero-order chi connectivity index (χ0) is 11.8. The van der Waals surface area contributed by atoms with Crippen molar-refractivity contribution in [2.45, 2.75) is 32.4 Å². The fourth-order valence-corrected chi connectivity index (χ4v) is 2.99. The summed E-state index contributed by atoms with van der Waals surface area (Å²) >= 11 is 0. The highest BCUT2D eigenvalue weighted by Gasteiger charge is 2.40. The first-order valence-corrected chi connectivity index (χ1v) is 6.62. The maximum absolute atomic E-state index is 6.24. The Morgan fingerprint density at radius 1 is 1.41 bits per heavy atom. The molecule has 3 rings (SSSR count). The molecular weight excluding hydrogens is 210 g/mol. The third-order valence-corrected chi connectivity index (χ3v) is 4.21. The third-order valence-electron chi connectivity index (χ3n) is 4.21. The Labute approximate surface area is 103 Å². The van der Waals surface area contributed by atoms with Crippen molar-refractivity contribution in [3.05, 3.63) is 29.6 Å². The number of nitrogens with zero attached hydrogens (tertiary/aromatic N) is 2. The van der Waals surface area contributed by atoms with Crippen LogP contribution in [0.1, 0.15) is 24.1 Å². The van der Waals surface area contributed by atoms with Crippen molar-refractivity contribution in [3.63, 3.8) is 0 Å². The van der Waals surface area contributed by atoms with E-state index in [0.717, 1.165) is 24.9 Å². The van der Waals surface area contributed by atoms with Gasteiger partial charge in [-0.15, -0.1) is 0 Å². The SMILES string of the molecule is Cc1cccnc1CN1C[C@H](C2CC2)[C@@H](N)C1. The molecule has 0 amide bonds. The lowest BCUT2D eigenvalue weighted by atomic mass is 9.99. The molecule has 0 aromatic carbocycles. The number of hydrogen-bond acceptors (Lipinski definition) is 3. The maximum Gasteiger partial charge on any atom is 0.0573 e. The largest absolute Gasteiger partial charge is 0.326 e.